The van der Waals surface area contributed by atoms with Crippen LogP contribution in [0.4, 0.5) is 19.4 Å². The molecule has 4 aromatic rings. The summed E-state index contributed by atoms with van der Waals surface area (Å²) in [5.74, 6) is -1.48. The molecule has 0 bridgehead atoms. The molecule has 2 aromatic heterocycles. The number of nitrogens with zero attached hydrogens (tertiary/aromatic N) is 5. The van der Waals surface area contributed by atoms with Gasteiger partial charge in [0.15, 0.2) is 11.6 Å². The molecule has 3 heterocycles. The van der Waals surface area contributed by atoms with Gasteiger partial charge in [0.05, 0.1) is 18.8 Å². The number of hydroxylamine groups is 2. The Labute approximate surface area is 229 Å². The first kappa shape index (κ1) is 27.2. The lowest BCUT2D eigenvalue weighted by atomic mass is 10.0. The second-order valence-corrected chi connectivity index (χ2v) is 9.32. The third-order valence-corrected chi connectivity index (χ3v) is 6.53. The minimum atomic E-state index is -0.976. The molecule has 10 nitrogen and oxygen atoms in total. The SMILES string of the molecule is CCCN1C[C@@H](NC(=O)Nc2c(C)c(-c3cnc(OC)nc3)nn2-c2ccccc2)[C@H](c2ccc(F)c(F)c2)O1. The first-order valence-electron chi connectivity index (χ1n) is 12.8. The van der Waals surface area contributed by atoms with E-state index >= 15 is 0 Å². The molecule has 2 N–H and O–H groups in total. The van der Waals surface area contributed by atoms with Gasteiger partial charge < -0.3 is 10.1 Å². The lowest BCUT2D eigenvalue weighted by Crippen LogP contribution is -2.42. The van der Waals surface area contributed by atoms with Crippen LogP contribution in [0.2, 0.25) is 0 Å². The highest BCUT2D eigenvalue weighted by atomic mass is 19.2. The number of carbonyl (C=O) groups is 1. The molecular formula is C28H29F2N7O3. The van der Waals surface area contributed by atoms with Crippen molar-refractivity contribution in [1.82, 2.24) is 30.1 Å². The van der Waals surface area contributed by atoms with Gasteiger partial charge in [0.2, 0.25) is 0 Å². The Hall–Kier alpha value is -4.42. The third-order valence-electron chi connectivity index (χ3n) is 6.53. The highest BCUT2D eigenvalue weighted by molar-refractivity contribution is 5.91. The molecule has 0 unspecified atom stereocenters. The number of nitrogens with one attached hydrogen (secondary N) is 2. The van der Waals surface area contributed by atoms with Crippen LogP contribution in [0.25, 0.3) is 16.9 Å². The fraction of sp³-hybridized carbons (Fsp3) is 0.286. The number of hydrogen-bond donors (Lipinski definition) is 2. The van der Waals surface area contributed by atoms with Crippen molar-refractivity contribution in [1.29, 1.82) is 0 Å². The number of amides is 2. The molecule has 208 valence electrons. The number of hydrogen-bond acceptors (Lipinski definition) is 7. The van der Waals surface area contributed by atoms with Gasteiger partial charge in [-0.15, -0.1) is 0 Å². The fourth-order valence-corrected chi connectivity index (χ4v) is 4.62. The molecule has 0 aliphatic carbocycles. The van der Waals surface area contributed by atoms with Crippen LogP contribution in [0.3, 0.4) is 0 Å². The third kappa shape index (κ3) is 5.63. The Bertz CT molecular complexity index is 1480. The monoisotopic (exact) mass is 549 g/mol. The van der Waals surface area contributed by atoms with Crippen LogP contribution in [-0.2, 0) is 4.84 Å². The van der Waals surface area contributed by atoms with Crippen molar-refractivity contribution in [2.75, 3.05) is 25.5 Å². The van der Waals surface area contributed by atoms with E-state index < -0.39 is 29.8 Å². The molecule has 0 spiro atoms. The summed E-state index contributed by atoms with van der Waals surface area (Å²) in [7, 11) is 1.49. The maximum Gasteiger partial charge on any atom is 0.320 e. The Kier molecular flexibility index (Phi) is 7.99. The van der Waals surface area contributed by atoms with Gasteiger partial charge in [-0.05, 0) is 43.2 Å². The molecule has 40 heavy (non-hydrogen) atoms. The molecule has 5 rings (SSSR count). The number of aromatic nitrogens is 4. The Morgan fingerprint density at radius 1 is 1.12 bits per heavy atom. The average molecular weight is 550 g/mol. The summed E-state index contributed by atoms with van der Waals surface area (Å²) in [6.07, 6.45) is 3.33. The van der Waals surface area contributed by atoms with E-state index in [4.69, 9.17) is 14.7 Å². The van der Waals surface area contributed by atoms with Crippen LogP contribution in [0.5, 0.6) is 6.01 Å². The van der Waals surface area contributed by atoms with Gasteiger partial charge >= 0.3 is 12.0 Å². The number of rotatable bonds is 8. The van der Waals surface area contributed by atoms with E-state index in [0.29, 0.717) is 41.3 Å². The lowest BCUT2D eigenvalue weighted by Gasteiger charge is -2.20. The lowest BCUT2D eigenvalue weighted by molar-refractivity contribution is -0.147. The molecule has 1 aliphatic rings. The molecule has 2 amide bonds. The zero-order valence-electron chi connectivity index (χ0n) is 22.3. The van der Waals surface area contributed by atoms with Crippen molar-refractivity contribution in [2.24, 2.45) is 0 Å². The van der Waals surface area contributed by atoms with E-state index in [1.165, 1.54) is 13.2 Å². The average Bonchev–Trinajstić information content (AvgIpc) is 3.51. The van der Waals surface area contributed by atoms with Crippen molar-refractivity contribution < 1.29 is 23.1 Å². The summed E-state index contributed by atoms with van der Waals surface area (Å²) < 4.78 is 34.3. The molecular weight excluding hydrogens is 520 g/mol. The van der Waals surface area contributed by atoms with Gasteiger partial charge in [0.25, 0.3) is 0 Å². The minimum Gasteiger partial charge on any atom is -0.467 e. The number of carbonyl (C=O) groups excluding carboxylic acids is 1. The molecule has 12 heteroatoms. The molecule has 1 aliphatic heterocycles. The van der Waals surface area contributed by atoms with Gasteiger partial charge in [-0.3, -0.25) is 10.2 Å². The van der Waals surface area contributed by atoms with E-state index in [9.17, 15) is 13.6 Å². The molecule has 1 fully saturated rings. The molecule has 0 saturated carbocycles. The van der Waals surface area contributed by atoms with Crippen LogP contribution in [0.1, 0.15) is 30.6 Å². The van der Waals surface area contributed by atoms with Gasteiger partial charge in [-0.1, -0.05) is 31.2 Å². The fourth-order valence-electron chi connectivity index (χ4n) is 4.62. The van der Waals surface area contributed by atoms with Gasteiger partial charge in [-0.25, -0.2) is 28.2 Å². The maximum absolute atomic E-state index is 14.0. The summed E-state index contributed by atoms with van der Waals surface area (Å²) in [6.45, 7) is 4.83. The van der Waals surface area contributed by atoms with E-state index in [-0.39, 0.29) is 6.01 Å². The van der Waals surface area contributed by atoms with E-state index in [1.807, 2.05) is 44.2 Å². The molecule has 2 aromatic carbocycles. The smallest absolute Gasteiger partial charge is 0.320 e. The normalized spacial score (nSPS) is 17.1. The highest BCUT2D eigenvalue weighted by Gasteiger charge is 2.37. The predicted molar refractivity (Wildman–Crippen MR) is 144 cm³/mol. The summed E-state index contributed by atoms with van der Waals surface area (Å²) >= 11 is 0. The van der Waals surface area contributed by atoms with Crippen molar-refractivity contribution in [2.45, 2.75) is 32.4 Å². The Morgan fingerprint density at radius 2 is 1.88 bits per heavy atom. The van der Waals surface area contributed by atoms with Crippen molar-refractivity contribution in [3.8, 4) is 23.0 Å². The number of urea groups is 1. The minimum absolute atomic E-state index is 0.230. The number of halogens is 2. The van der Waals surface area contributed by atoms with Crippen LogP contribution in [-0.4, -0.2) is 57.1 Å². The van der Waals surface area contributed by atoms with Crippen LogP contribution in [0.15, 0.2) is 60.9 Å². The van der Waals surface area contributed by atoms with E-state index in [2.05, 4.69) is 20.6 Å². The predicted octanol–water partition coefficient (Wildman–Crippen LogP) is 4.81. The van der Waals surface area contributed by atoms with Crippen LogP contribution < -0.4 is 15.4 Å². The van der Waals surface area contributed by atoms with E-state index in [1.54, 1.807) is 22.1 Å². The standard InChI is InChI=1S/C28H29F2N7O3/c1-4-12-36-16-23(25(40-36)18-10-11-21(29)22(30)13-18)33-27(38)34-26-17(2)24(19-14-31-28(39-3)32-15-19)35-37(26)20-8-6-5-7-9-20/h5-11,13-15,23,25H,4,12,16H2,1-3H3,(H2,33,34,38)/t23-,25+/m1/s1. The van der Waals surface area contributed by atoms with Crippen molar-refractivity contribution in [3.05, 3.63) is 83.7 Å². The quantitative estimate of drug-likeness (QED) is 0.325. The highest BCUT2D eigenvalue weighted by Crippen LogP contribution is 2.32. The largest absolute Gasteiger partial charge is 0.467 e. The molecule has 0 radical (unpaired) electrons. The van der Waals surface area contributed by atoms with Gasteiger partial charge in [0, 0.05) is 36.6 Å². The number of benzene rings is 2. The zero-order valence-corrected chi connectivity index (χ0v) is 22.3. The molecule has 2 atom stereocenters. The number of ether oxygens (including phenoxy) is 1. The number of para-hydroxylation sites is 1. The first-order chi connectivity index (χ1) is 19.4. The zero-order chi connectivity index (χ0) is 28.2. The topological polar surface area (TPSA) is 106 Å². The Balaban J connectivity index is 1.43. The van der Waals surface area contributed by atoms with E-state index in [0.717, 1.165) is 24.2 Å². The molecule has 1 saturated heterocycles. The first-order valence-corrected chi connectivity index (χ1v) is 12.8. The second kappa shape index (κ2) is 11.8. The summed E-state index contributed by atoms with van der Waals surface area (Å²) in [5.41, 5.74) is 3.09. The van der Waals surface area contributed by atoms with Crippen molar-refractivity contribution >= 4 is 11.8 Å². The number of anilines is 1. The van der Waals surface area contributed by atoms with Gasteiger partial charge in [0.1, 0.15) is 17.6 Å². The number of methoxy groups -OCH3 is 1. The summed E-state index contributed by atoms with van der Waals surface area (Å²) in [5, 5.41) is 12.4. The van der Waals surface area contributed by atoms with Crippen LogP contribution >= 0.6 is 0 Å². The summed E-state index contributed by atoms with van der Waals surface area (Å²) in [6, 6.07) is 12.2. The second-order valence-electron chi connectivity index (χ2n) is 9.32. The summed E-state index contributed by atoms with van der Waals surface area (Å²) in [4.78, 5) is 27.7. The van der Waals surface area contributed by atoms with Crippen molar-refractivity contribution in [3.63, 3.8) is 0 Å². The van der Waals surface area contributed by atoms with Crippen LogP contribution in [0, 0.1) is 18.6 Å². The Morgan fingerprint density at radius 3 is 2.55 bits per heavy atom. The van der Waals surface area contributed by atoms with Gasteiger partial charge in [-0.2, -0.15) is 10.2 Å². The maximum atomic E-state index is 14.0.